The largest absolute Gasteiger partial charge is 0.479 e. The fourth-order valence-corrected chi connectivity index (χ4v) is 5.71. The van der Waals surface area contributed by atoms with E-state index in [9.17, 15) is 19.5 Å². The predicted octanol–water partition coefficient (Wildman–Crippen LogP) is 3.44. The number of hydrogen-bond acceptors (Lipinski definition) is 5. The Balaban J connectivity index is 1.09. The lowest BCUT2D eigenvalue weighted by molar-refractivity contribution is -0.148. The molecule has 2 aromatic rings. The SMILES string of the molecule is O=C(CC1CCC(NC(=O)OCC2c3ccccc3-c3ccccc32)C1)N[C@H]1CCO[C@H]1C(=O)O. The zero-order valence-corrected chi connectivity index (χ0v) is 19.4. The molecule has 3 aliphatic rings. The van der Waals surface area contributed by atoms with Crippen molar-refractivity contribution in [2.45, 2.75) is 56.2 Å². The van der Waals surface area contributed by atoms with Gasteiger partial charge in [0.15, 0.2) is 6.10 Å². The number of carbonyl (C=O) groups excluding carboxylic acids is 2. The highest BCUT2D eigenvalue weighted by Gasteiger charge is 2.36. The Labute approximate surface area is 204 Å². The van der Waals surface area contributed by atoms with Crippen LogP contribution in [0.2, 0.25) is 0 Å². The third-order valence-corrected chi connectivity index (χ3v) is 7.36. The molecule has 1 heterocycles. The molecule has 5 rings (SSSR count). The first-order valence-corrected chi connectivity index (χ1v) is 12.2. The maximum absolute atomic E-state index is 12.6. The molecule has 1 saturated carbocycles. The van der Waals surface area contributed by atoms with Crippen LogP contribution >= 0.6 is 0 Å². The van der Waals surface area contributed by atoms with E-state index in [1.165, 1.54) is 22.3 Å². The smallest absolute Gasteiger partial charge is 0.407 e. The van der Waals surface area contributed by atoms with Crippen molar-refractivity contribution in [1.29, 1.82) is 0 Å². The summed E-state index contributed by atoms with van der Waals surface area (Å²) in [6, 6.07) is 15.9. The van der Waals surface area contributed by atoms with Crippen LogP contribution < -0.4 is 10.6 Å². The minimum Gasteiger partial charge on any atom is -0.479 e. The molecular formula is C27H30N2O6. The molecule has 1 saturated heterocycles. The van der Waals surface area contributed by atoms with Gasteiger partial charge in [-0.15, -0.1) is 0 Å². The molecule has 8 nitrogen and oxygen atoms in total. The van der Waals surface area contributed by atoms with Crippen molar-refractivity contribution in [3.8, 4) is 11.1 Å². The number of amides is 2. The van der Waals surface area contributed by atoms with E-state index in [1.807, 2.05) is 24.3 Å². The molecule has 184 valence electrons. The summed E-state index contributed by atoms with van der Waals surface area (Å²) in [7, 11) is 0. The van der Waals surface area contributed by atoms with Gasteiger partial charge in [-0.1, -0.05) is 48.5 Å². The van der Waals surface area contributed by atoms with E-state index in [1.54, 1.807) is 0 Å². The number of rotatable bonds is 7. The quantitative estimate of drug-likeness (QED) is 0.562. The number of ether oxygens (including phenoxy) is 2. The standard InChI is InChI=1S/C27H30N2O6/c30-24(29-23-11-12-34-25(23)26(31)32)14-16-9-10-17(13-16)28-27(33)35-15-22-20-7-3-1-5-18(20)19-6-2-4-8-21(19)22/h1-8,16-17,22-23,25H,9-15H2,(H,28,33)(H,29,30)(H,31,32)/t16?,17?,23-,25+/m0/s1. The average molecular weight is 479 g/mol. The van der Waals surface area contributed by atoms with Gasteiger partial charge in [0, 0.05) is 25.0 Å². The number of nitrogens with one attached hydrogen (secondary N) is 2. The molecule has 4 atom stereocenters. The van der Waals surface area contributed by atoms with Crippen LogP contribution in [0.1, 0.15) is 49.1 Å². The zero-order chi connectivity index (χ0) is 24.4. The monoisotopic (exact) mass is 478 g/mol. The molecule has 2 fully saturated rings. The summed E-state index contributed by atoms with van der Waals surface area (Å²) in [5.41, 5.74) is 4.72. The first-order chi connectivity index (χ1) is 17.0. The zero-order valence-electron chi connectivity index (χ0n) is 19.4. The Morgan fingerprint density at radius 1 is 0.943 bits per heavy atom. The van der Waals surface area contributed by atoms with Crippen molar-refractivity contribution in [3.05, 3.63) is 59.7 Å². The molecule has 2 aliphatic carbocycles. The van der Waals surface area contributed by atoms with E-state index >= 15 is 0 Å². The lowest BCUT2D eigenvalue weighted by atomic mass is 9.98. The molecule has 2 amide bonds. The second-order valence-electron chi connectivity index (χ2n) is 9.64. The summed E-state index contributed by atoms with van der Waals surface area (Å²) in [4.78, 5) is 36.2. The third kappa shape index (κ3) is 5.03. The van der Waals surface area contributed by atoms with Crippen molar-refractivity contribution in [2.24, 2.45) is 5.92 Å². The van der Waals surface area contributed by atoms with E-state index in [0.29, 0.717) is 25.9 Å². The number of fused-ring (bicyclic) bond motifs is 3. The fourth-order valence-electron chi connectivity index (χ4n) is 5.71. The minimum absolute atomic E-state index is 0.0161. The maximum atomic E-state index is 12.6. The highest BCUT2D eigenvalue weighted by atomic mass is 16.5. The Morgan fingerprint density at radius 2 is 1.63 bits per heavy atom. The van der Waals surface area contributed by atoms with Crippen molar-refractivity contribution in [3.63, 3.8) is 0 Å². The van der Waals surface area contributed by atoms with Gasteiger partial charge in [-0.3, -0.25) is 4.79 Å². The summed E-state index contributed by atoms with van der Waals surface area (Å²) in [5.74, 6) is -1.07. The molecule has 0 spiro atoms. The van der Waals surface area contributed by atoms with Gasteiger partial charge in [-0.2, -0.15) is 0 Å². The van der Waals surface area contributed by atoms with E-state index in [2.05, 4.69) is 34.9 Å². The summed E-state index contributed by atoms with van der Waals surface area (Å²) < 4.78 is 10.8. The average Bonchev–Trinajstić information content (AvgIpc) is 3.56. The van der Waals surface area contributed by atoms with Gasteiger partial charge in [0.05, 0.1) is 6.04 Å². The lowest BCUT2D eigenvalue weighted by Gasteiger charge is -2.18. The van der Waals surface area contributed by atoms with Gasteiger partial charge < -0.3 is 25.2 Å². The van der Waals surface area contributed by atoms with Crippen LogP contribution in [0.5, 0.6) is 0 Å². The van der Waals surface area contributed by atoms with Crippen LogP contribution in [-0.4, -0.2) is 54.5 Å². The number of hydrogen-bond donors (Lipinski definition) is 3. The Hall–Kier alpha value is -3.39. The summed E-state index contributed by atoms with van der Waals surface area (Å²) in [6.45, 7) is 0.601. The van der Waals surface area contributed by atoms with Gasteiger partial charge >= 0.3 is 12.1 Å². The van der Waals surface area contributed by atoms with Crippen LogP contribution in [-0.2, 0) is 19.1 Å². The molecule has 8 heteroatoms. The number of carbonyl (C=O) groups is 3. The molecule has 3 N–H and O–H groups in total. The van der Waals surface area contributed by atoms with E-state index in [4.69, 9.17) is 9.47 Å². The van der Waals surface area contributed by atoms with Crippen LogP contribution in [0.4, 0.5) is 4.79 Å². The summed E-state index contributed by atoms with van der Waals surface area (Å²) >= 11 is 0. The number of aliphatic carboxylic acids is 1. The number of benzene rings is 2. The molecule has 0 bridgehead atoms. The maximum Gasteiger partial charge on any atom is 0.407 e. The van der Waals surface area contributed by atoms with Gasteiger partial charge in [0.2, 0.25) is 5.91 Å². The Bertz CT molecular complexity index is 1070. The topological polar surface area (TPSA) is 114 Å². The highest BCUT2D eigenvalue weighted by molar-refractivity contribution is 5.80. The summed E-state index contributed by atoms with van der Waals surface area (Å²) in [5, 5.41) is 14.9. The molecule has 1 aliphatic heterocycles. The van der Waals surface area contributed by atoms with Gasteiger partial charge in [-0.05, 0) is 53.9 Å². The Kier molecular flexibility index (Phi) is 6.72. The van der Waals surface area contributed by atoms with Crippen molar-refractivity contribution in [2.75, 3.05) is 13.2 Å². The third-order valence-electron chi connectivity index (χ3n) is 7.36. The van der Waals surface area contributed by atoms with Crippen molar-refractivity contribution < 1.29 is 29.0 Å². The number of carboxylic acids is 1. The lowest BCUT2D eigenvalue weighted by Crippen LogP contribution is -2.44. The van der Waals surface area contributed by atoms with Crippen molar-refractivity contribution >= 4 is 18.0 Å². The molecule has 35 heavy (non-hydrogen) atoms. The van der Waals surface area contributed by atoms with Gasteiger partial charge in [0.25, 0.3) is 0 Å². The van der Waals surface area contributed by atoms with Crippen LogP contribution in [0.15, 0.2) is 48.5 Å². The van der Waals surface area contributed by atoms with E-state index < -0.39 is 24.2 Å². The van der Waals surface area contributed by atoms with E-state index in [0.717, 1.165) is 12.8 Å². The molecule has 0 radical (unpaired) electrons. The highest BCUT2D eigenvalue weighted by Crippen LogP contribution is 2.44. The second kappa shape index (κ2) is 10.1. The first kappa shape index (κ1) is 23.4. The second-order valence-corrected chi connectivity index (χ2v) is 9.64. The van der Waals surface area contributed by atoms with Gasteiger partial charge in [0.1, 0.15) is 6.61 Å². The molecular weight excluding hydrogens is 448 g/mol. The van der Waals surface area contributed by atoms with E-state index in [-0.39, 0.29) is 30.4 Å². The normalized spacial score (nSPS) is 25.0. The predicted molar refractivity (Wildman–Crippen MR) is 128 cm³/mol. The van der Waals surface area contributed by atoms with Crippen molar-refractivity contribution in [1.82, 2.24) is 10.6 Å². The van der Waals surface area contributed by atoms with Gasteiger partial charge in [-0.25, -0.2) is 9.59 Å². The first-order valence-electron chi connectivity index (χ1n) is 12.2. The van der Waals surface area contributed by atoms with Crippen LogP contribution in [0, 0.1) is 5.92 Å². The summed E-state index contributed by atoms with van der Waals surface area (Å²) in [6.07, 6.45) is 1.70. The van der Waals surface area contributed by atoms with Crippen LogP contribution in [0.25, 0.3) is 11.1 Å². The molecule has 2 aromatic carbocycles. The minimum atomic E-state index is -1.05. The molecule has 0 aromatic heterocycles. The number of alkyl carbamates (subject to hydrolysis) is 1. The fraction of sp³-hybridized carbons (Fsp3) is 0.444. The van der Waals surface area contributed by atoms with Crippen LogP contribution in [0.3, 0.4) is 0 Å². The number of carboxylic acid groups (broad SMARTS) is 1. The Morgan fingerprint density at radius 3 is 2.31 bits per heavy atom. The molecule has 2 unspecified atom stereocenters.